The first kappa shape index (κ1) is 14.1. The van der Waals surface area contributed by atoms with Gasteiger partial charge in [0, 0.05) is 18.7 Å². The van der Waals surface area contributed by atoms with Gasteiger partial charge in [0.1, 0.15) is 5.69 Å². The molecule has 0 aromatic carbocycles. The smallest absolute Gasteiger partial charge is 0.464 e. The molecule has 104 valence electrons. The Balaban J connectivity index is 2.38. The molecule has 1 aromatic heterocycles. The molecule has 0 unspecified atom stereocenters. The number of methoxy groups -OCH3 is 1. The van der Waals surface area contributed by atoms with Gasteiger partial charge in [-0.05, 0) is 27.7 Å². The lowest BCUT2D eigenvalue weighted by Crippen LogP contribution is -2.41. The standard InChI is InChI=1S/C12H19BN2O4/c1-11(2)12(3,4)19-13(18-11)8-7-14-15(5)9(8)10(16)17-6/h7H,1-6H3. The average molecular weight is 266 g/mol. The van der Waals surface area contributed by atoms with Gasteiger partial charge in [-0.15, -0.1) is 0 Å². The van der Waals surface area contributed by atoms with Crippen LogP contribution in [0.2, 0.25) is 0 Å². The molecule has 1 fully saturated rings. The maximum Gasteiger partial charge on any atom is 0.498 e. The summed E-state index contributed by atoms with van der Waals surface area (Å²) in [5.74, 6) is -0.454. The van der Waals surface area contributed by atoms with Crippen molar-refractivity contribution >= 4 is 18.6 Å². The van der Waals surface area contributed by atoms with E-state index in [1.165, 1.54) is 11.8 Å². The summed E-state index contributed by atoms with van der Waals surface area (Å²) in [6, 6.07) is 0. The van der Waals surface area contributed by atoms with E-state index < -0.39 is 24.3 Å². The zero-order chi connectivity index (χ0) is 14.4. The Kier molecular flexibility index (Phi) is 3.22. The lowest BCUT2D eigenvalue weighted by Gasteiger charge is -2.32. The lowest BCUT2D eigenvalue weighted by atomic mass is 9.79. The summed E-state index contributed by atoms with van der Waals surface area (Å²) >= 11 is 0. The summed E-state index contributed by atoms with van der Waals surface area (Å²) < 4.78 is 18.1. The Morgan fingerprint density at radius 2 is 1.84 bits per heavy atom. The second kappa shape index (κ2) is 4.35. The van der Waals surface area contributed by atoms with Crippen molar-refractivity contribution < 1.29 is 18.8 Å². The molecule has 0 N–H and O–H groups in total. The van der Waals surface area contributed by atoms with Gasteiger partial charge in [0.05, 0.1) is 18.3 Å². The van der Waals surface area contributed by atoms with Crippen LogP contribution >= 0.6 is 0 Å². The SMILES string of the molecule is COC(=O)c1c(B2OC(C)(C)C(C)(C)O2)cnn1C. The van der Waals surface area contributed by atoms with Gasteiger partial charge in [-0.25, -0.2) is 4.79 Å². The molecule has 7 heteroatoms. The number of ether oxygens (including phenoxy) is 1. The molecule has 19 heavy (non-hydrogen) atoms. The second-order valence-electron chi connectivity index (χ2n) is 5.65. The van der Waals surface area contributed by atoms with Gasteiger partial charge < -0.3 is 14.0 Å². The largest absolute Gasteiger partial charge is 0.498 e. The molecule has 2 rings (SSSR count). The number of hydrogen-bond donors (Lipinski definition) is 0. The molecule has 0 saturated carbocycles. The van der Waals surface area contributed by atoms with Crippen LogP contribution in [0.5, 0.6) is 0 Å². The maximum absolute atomic E-state index is 11.8. The van der Waals surface area contributed by atoms with Gasteiger partial charge in [0.2, 0.25) is 0 Å². The van der Waals surface area contributed by atoms with E-state index in [1.54, 1.807) is 13.2 Å². The highest BCUT2D eigenvalue weighted by Gasteiger charge is 2.53. The molecule has 1 saturated heterocycles. The molecule has 0 radical (unpaired) electrons. The van der Waals surface area contributed by atoms with Crippen LogP contribution in [0.25, 0.3) is 0 Å². The summed E-state index contributed by atoms with van der Waals surface area (Å²) in [6.45, 7) is 7.84. The van der Waals surface area contributed by atoms with E-state index in [1.807, 2.05) is 27.7 Å². The lowest BCUT2D eigenvalue weighted by molar-refractivity contribution is 0.00578. The summed E-state index contributed by atoms with van der Waals surface area (Å²) in [6.07, 6.45) is 1.58. The van der Waals surface area contributed by atoms with Crippen LogP contribution in [-0.4, -0.2) is 41.2 Å². The predicted molar refractivity (Wildman–Crippen MR) is 70.3 cm³/mol. The first-order valence-electron chi connectivity index (χ1n) is 6.15. The third-order valence-corrected chi connectivity index (χ3v) is 3.85. The van der Waals surface area contributed by atoms with Crippen LogP contribution in [0.1, 0.15) is 38.2 Å². The van der Waals surface area contributed by atoms with Crippen LogP contribution in [0.3, 0.4) is 0 Å². The normalized spacial score (nSPS) is 20.6. The maximum atomic E-state index is 11.8. The molecule has 2 heterocycles. The number of nitrogens with zero attached hydrogens (tertiary/aromatic N) is 2. The van der Waals surface area contributed by atoms with E-state index >= 15 is 0 Å². The molecule has 0 aliphatic carbocycles. The number of carbonyl (C=O) groups is 1. The Labute approximate surface area is 113 Å². The molecule has 0 amide bonds. The fourth-order valence-electron chi connectivity index (χ4n) is 1.94. The number of aromatic nitrogens is 2. The van der Waals surface area contributed by atoms with Crippen molar-refractivity contribution in [3.05, 3.63) is 11.9 Å². The van der Waals surface area contributed by atoms with Gasteiger partial charge >= 0.3 is 13.1 Å². The number of esters is 1. The number of hydrogen-bond acceptors (Lipinski definition) is 5. The van der Waals surface area contributed by atoms with Crippen molar-refractivity contribution in [3.8, 4) is 0 Å². The van der Waals surface area contributed by atoms with Crippen LogP contribution in [0.4, 0.5) is 0 Å². The molecule has 1 aromatic rings. The summed E-state index contributed by atoms with van der Waals surface area (Å²) in [5.41, 5.74) is 0.0240. The van der Waals surface area contributed by atoms with Crippen molar-refractivity contribution in [2.45, 2.75) is 38.9 Å². The zero-order valence-electron chi connectivity index (χ0n) is 12.2. The predicted octanol–water partition coefficient (Wildman–Crippen LogP) is 0.506. The summed E-state index contributed by atoms with van der Waals surface area (Å²) in [5, 5.41) is 4.08. The fourth-order valence-corrected chi connectivity index (χ4v) is 1.94. The average Bonchev–Trinajstić information content (AvgIpc) is 2.77. The second-order valence-corrected chi connectivity index (χ2v) is 5.65. The Morgan fingerprint density at radius 3 is 2.32 bits per heavy atom. The number of carbonyl (C=O) groups excluding carboxylic acids is 1. The van der Waals surface area contributed by atoms with Gasteiger partial charge in [0.15, 0.2) is 0 Å². The molecule has 0 bridgehead atoms. The zero-order valence-corrected chi connectivity index (χ0v) is 12.2. The van der Waals surface area contributed by atoms with Crippen molar-refractivity contribution in [1.29, 1.82) is 0 Å². The monoisotopic (exact) mass is 266 g/mol. The number of aryl methyl sites for hydroxylation is 1. The molecule has 0 atom stereocenters. The minimum Gasteiger partial charge on any atom is -0.464 e. The van der Waals surface area contributed by atoms with E-state index in [-0.39, 0.29) is 0 Å². The summed E-state index contributed by atoms with van der Waals surface area (Å²) in [4.78, 5) is 11.8. The van der Waals surface area contributed by atoms with Crippen LogP contribution in [0.15, 0.2) is 6.20 Å². The molecule has 1 aliphatic heterocycles. The van der Waals surface area contributed by atoms with Gasteiger partial charge in [-0.3, -0.25) is 4.68 Å². The van der Waals surface area contributed by atoms with Crippen LogP contribution in [-0.2, 0) is 21.1 Å². The third kappa shape index (κ3) is 2.17. The summed E-state index contributed by atoms with van der Waals surface area (Å²) in [7, 11) is 2.40. The van der Waals surface area contributed by atoms with E-state index in [0.29, 0.717) is 11.2 Å². The minimum absolute atomic E-state index is 0.348. The molecule has 1 aliphatic rings. The Morgan fingerprint density at radius 1 is 1.32 bits per heavy atom. The fraction of sp³-hybridized carbons (Fsp3) is 0.667. The van der Waals surface area contributed by atoms with Gasteiger partial charge in [-0.2, -0.15) is 5.10 Å². The third-order valence-electron chi connectivity index (χ3n) is 3.85. The highest BCUT2D eigenvalue weighted by atomic mass is 16.7. The van der Waals surface area contributed by atoms with Crippen molar-refractivity contribution in [2.75, 3.05) is 7.11 Å². The molecule has 0 spiro atoms. The van der Waals surface area contributed by atoms with E-state index in [0.717, 1.165) is 0 Å². The molecule has 6 nitrogen and oxygen atoms in total. The van der Waals surface area contributed by atoms with Crippen molar-refractivity contribution in [1.82, 2.24) is 9.78 Å². The van der Waals surface area contributed by atoms with E-state index in [2.05, 4.69) is 5.10 Å². The Bertz CT molecular complexity index is 494. The van der Waals surface area contributed by atoms with Crippen molar-refractivity contribution in [2.24, 2.45) is 7.05 Å². The highest BCUT2D eigenvalue weighted by Crippen LogP contribution is 2.36. The van der Waals surface area contributed by atoms with Gasteiger partial charge in [0.25, 0.3) is 0 Å². The topological polar surface area (TPSA) is 62.6 Å². The van der Waals surface area contributed by atoms with E-state index in [4.69, 9.17) is 14.0 Å². The van der Waals surface area contributed by atoms with E-state index in [9.17, 15) is 4.79 Å². The van der Waals surface area contributed by atoms with Crippen molar-refractivity contribution in [3.63, 3.8) is 0 Å². The van der Waals surface area contributed by atoms with Gasteiger partial charge in [-0.1, -0.05) is 0 Å². The molecular formula is C12H19BN2O4. The number of rotatable bonds is 2. The highest BCUT2D eigenvalue weighted by molar-refractivity contribution is 6.63. The first-order chi connectivity index (χ1) is 8.69. The minimum atomic E-state index is -0.618. The van der Waals surface area contributed by atoms with Crippen LogP contribution < -0.4 is 5.46 Å². The van der Waals surface area contributed by atoms with Crippen LogP contribution in [0, 0.1) is 0 Å². The molecular weight excluding hydrogens is 247 g/mol. The quantitative estimate of drug-likeness (QED) is 0.576. The Hall–Kier alpha value is -1.34. The first-order valence-corrected chi connectivity index (χ1v) is 6.15.